The second kappa shape index (κ2) is 12.5. The molecule has 9 N–H and O–H groups in total. The predicted molar refractivity (Wildman–Crippen MR) is 128 cm³/mol. The third kappa shape index (κ3) is 7.81. The zero-order chi connectivity index (χ0) is 26.1. The number of carboxylic acids is 1. The van der Waals surface area contributed by atoms with Gasteiger partial charge < -0.3 is 37.5 Å². The molecule has 12 nitrogen and oxygen atoms in total. The SMILES string of the molecule is CC(C)C(NC(=O)C(Cc1c[nH]c2ccccc12)NC(=O)CN)C(=O)NC(CCC(N)=O)C(=O)O. The van der Waals surface area contributed by atoms with E-state index in [1.807, 2.05) is 24.3 Å². The van der Waals surface area contributed by atoms with E-state index in [0.29, 0.717) is 0 Å². The van der Waals surface area contributed by atoms with E-state index in [0.717, 1.165) is 16.5 Å². The van der Waals surface area contributed by atoms with Gasteiger partial charge in [-0.05, 0) is 24.0 Å². The van der Waals surface area contributed by atoms with E-state index in [2.05, 4.69) is 20.9 Å². The summed E-state index contributed by atoms with van der Waals surface area (Å²) in [6.45, 7) is 3.03. The van der Waals surface area contributed by atoms with Gasteiger partial charge in [-0.15, -0.1) is 0 Å². The van der Waals surface area contributed by atoms with Crippen LogP contribution in [0.25, 0.3) is 10.9 Å². The van der Waals surface area contributed by atoms with Gasteiger partial charge in [0.15, 0.2) is 0 Å². The molecule has 2 aromatic rings. The molecule has 3 unspecified atom stereocenters. The fourth-order valence-corrected chi connectivity index (χ4v) is 3.58. The van der Waals surface area contributed by atoms with Gasteiger partial charge in [0.25, 0.3) is 0 Å². The third-order valence-corrected chi connectivity index (χ3v) is 5.48. The highest BCUT2D eigenvalue weighted by atomic mass is 16.4. The van der Waals surface area contributed by atoms with Crippen LogP contribution in [-0.2, 0) is 30.4 Å². The smallest absolute Gasteiger partial charge is 0.326 e. The summed E-state index contributed by atoms with van der Waals surface area (Å²) in [5.41, 5.74) is 12.1. The molecule has 0 bridgehead atoms. The second-order valence-corrected chi connectivity index (χ2v) is 8.52. The Kier molecular flexibility index (Phi) is 9.76. The Balaban J connectivity index is 2.20. The number of hydrogen-bond acceptors (Lipinski definition) is 6. The summed E-state index contributed by atoms with van der Waals surface area (Å²) in [7, 11) is 0. The van der Waals surface area contributed by atoms with Gasteiger partial charge in [-0.1, -0.05) is 32.0 Å². The Morgan fingerprint density at radius 1 is 1.00 bits per heavy atom. The highest BCUT2D eigenvalue weighted by Crippen LogP contribution is 2.19. The molecule has 0 aliphatic rings. The highest BCUT2D eigenvalue weighted by Gasteiger charge is 2.31. The van der Waals surface area contributed by atoms with Crippen LogP contribution in [0.5, 0.6) is 0 Å². The van der Waals surface area contributed by atoms with Crippen molar-refractivity contribution in [3.63, 3.8) is 0 Å². The second-order valence-electron chi connectivity index (χ2n) is 8.52. The van der Waals surface area contributed by atoms with Gasteiger partial charge in [-0.2, -0.15) is 0 Å². The molecule has 1 aromatic carbocycles. The average molecular weight is 489 g/mol. The number of aromatic amines is 1. The van der Waals surface area contributed by atoms with Crippen molar-refractivity contribution >= 4 is 40.5 Å². The number of fused-ring (bicyclic) bond motifs is 1. The minimum Gasteiger partial charge on any atom is -0.480 e. The molecule has 1 aromatic heterocycles. The minimum absolute atomic E-state index is 0.129. The van der Waals surface area contributed by atoms with E-state index in [1.165, 1.54) is 0 Å². The molecule has 2 rings (SSSR count). The number of H-pyrrole nitrogens is 1. The number of nitrogens with one attached hydrogen (secondary N) is 4. The molecule has 12 heteroatoms. The van der Waals surface area contributed by atoms with Crippen LogP contribution >= 0.6 is 0 Å². The number of aliphatic carboxylic acids is 1. The minimum atomic E-state index is -1.35. The van der Waals surface area contributed by atoms with Crippen LogP contribution in [0.3, 0.4) is 0 Å². The quantitative estimate of drug-likeness (QED) is 0.189. The molecule has 0 spiro atoms. The van der Waals surface area contributed by atoms with Crippen molar-refractivity contribution in [1.82, 2.24) is 20.9 Å². The Labute approximate surface area is 202 Å². The first-order valence-electron chi connectivity index (χ1n) is 11.2. The molecule has 4 amide bonds. The summed E-state index contributed by atoms with van der Waals surface area (Å²) in [5, 5.41) is 17.8. The first kappa shape index (κ1) is 27.3. The molecule has 3 atom stereocenters. The van der Waals surface area contributed by atoms with Crippen LogP contribution < -0.4 is 27.4 Å². The predicted octanol–water partition coefficient (Wildman–Crippen LogP) is -0.870. The van der Waals surface area contributed by atoms with Crippen molar-refractivity contribution in [3.05, 3.63) is 36.0 Å². The first-order chi connectivity index (χ1) is 16.5. The number of carbonyl (C=O) groups excluding carboxylic acids is 4. The Hall–Kier alpha value is -3.93. The maximum atomic E-state index is 13.2. The van der Waals surface area contributed by atoms with E-state index in [9.17, 15) is 29.1 Å². The molecule has 0 saturated heterocycles. The molecule has 0 aliphatic heterocycles. The van der Waals surface area contributed by atoms with Crippen LogP contribution in [0.4, 0.5) is 0 Å². The lowest BCUT2D eigenvalue weighted by Crippen LogP contribution is -2.58. The van der Waals surface area contributed by atoms with Crippen LogP contribution in [0.1, 0.15) is 32.3 Å². The number of rotatable bonds is 13. The topological polar surface area (TPSA) is 210 Å². The summed E-state index contributed by atoms with van der Waals surface area (Å²) in [6, 6.07) is 3.98. The number of aromatic nitrogens is 1. The summed E-state index contributed by atoms with van der Waals surface area (Å²) >= 11 is 0. The molecule has 190 valence electrons. The lowest BCUT2D eigenvalue weighted by atomic mass is 10.00. The number of hydrogen-bond donors (Lipinski definition) is 7. The van der Waals surface area contributed by atoms with Crippen LogP contribution in [0.15, 0.2) is 30.5 Å². The third-order valence-electron chi connectivity index (χ3n) is 5.48. The molecular weight excluding hydrogens is 456 g/mol. The fraction of sp³-hybridized carbons (Fsp3) is 0.435. The van der Waals surface area contributed by atoms with Crippen molar-refractivity contribution in [2.75, 3.05) is 6.54 Å². The van der Waals surface area contributed by atoms with Crippen molar-refractivity contribution in [2.24, 2.45) is 17.4 Å². The molecular formula is C23H32N6O6. The van der Waals surface area contributed by atoms with Gasteiger partial charge >= 0.3 is 5.97 Å². The molecule has 0 saturated carbocycles. The van der Waals surface area contributed by atoms with Crippen molar-refractivity contribution in [2.45, 2.75) is 51.2 Å². The normalized spacial score (nSPS) is 13.6. The van der Waals surface area contributed by atoms with Crippen molar-refractivity contribution in [3.8, 4) is 0 Å². The van der Waals surface area contributed by atoms with Gasteiger partial charge in [0.2, 0.25) is 23.6 Å². The number of nitrogens with two attached hydrogens (primary N) is 2. The maximum Gasteiger partial charge on any atom is 0.326 e. The number of para-hydroxylation sites is 1. The van der Waals surface area contributed by atoms with E-state index >= 15 is 0 Å². The number of amides is 4. The Morgan fingerprint density at radius 3 is 2.29 bits per heavy atom. The molecule has 1 heterocycles. The molecule has 0 aliphatic carbocycles. The van der Waals surface area contributed by atoms with E-state index < -0.39 is 53.6 Å². The fourth-order valence-electron chi connectivity index (χ4n) is 3.58. The van der Waals surface area contributed by atoms with E-state index in [1.54, 1.807) is 20.0 Å². The Morgan fingerprint density at radius 2 is 1.69 bits per heavy atom. The maximum absolute atomic E-state index is 13.2. The largest absolute Gasteiger partial charge is 0.480 e. The standard InChI is InChI=1S/C23H32N6O6/c1-12(2)20(22(33)28-16(23(34)35)7-8-18(25)30)29-21(32)17(27-19(31)10-24)9-13-11-26-15-6-4-3-5-14(13)15/h3-6,11-12,16-17,20,26H,7-10,24H2,1-2H3,(H2,25,30)(H,27,31)(H,28,33)(H,29,32)(H,34,35). The van der Waals surface area contributed by atoms with Gasteiger partial charge in [-0.3, -0.25) is 19.2 Å². The van der Waals surface area contributed by atoms with Gasteiger partial charge in [0.05, 0.1) is 6.54 Å². The van der Waals surface area contributed by atoms with E-state index in [-0.39, 0.29) is 25.8 Å². The lowest BCUT2D eigenvalue weighted by Gasteiger charge is -2.26. The summed E-state index contributed by atoms with van der Waals surface area (Å²) in [6.07, 6.45) is 1.45. The zero-order valence-electron chi connectivity index (χ0n) is 19.7. The van der Waals surface area contributed by atoms with Crippen molar-refractivity contribution < 1.29 is 29.1 Å². The highest BCUT2D eigenvalue weighted by molar-refractivity contribution is 5.94. The van der Waals surface area contributed by atoms with E-state index in [4.69, 9.17) is 11.5 Å². The lowest BCUT2D eigenvalue weighted by molar-refractivity contribution is -0.143. The van der Waals surface area contributed by atoms with Crippen LogP contribution in [-0.4, -0.2) is 64.4 Å². The van der Waals surface area contributed by atoms with Gasteiger partial charge in [0, 0.05) is 29.9 Å². The molecule has 0 radical (unpaired) electrons. The average Bonchev–Trinajstić information content (AvgIpc) is 3.21. The number of primary amides is 1. The summed E-state index contributed by atoms with van der Waals surface area (Å²) in [5.74, 6) is -4.36. The first-order valence-corrected chi connectivity index (χ1v) is 11.2. The number of carboxylic acid groups (broad SMARTS) is 1. The Bertz CT molecular complexity index is 1080. The number of benzene rings is 1. The summed E-state index contributed by atoms with van der Waals surface area (Å²) < 4.78 is 0. The zero-order valence-corrected chi connectivity index (χ0v) is 19.7. The molecule has 35 heavy (non-hydrogen) atoms. The summed E-state index contributed by atoms with van der Waals surface area (Å²) in [4.78, 5) is 63.7. The van der Waals surface area contributed by atoms with Gasteiger partial charge in [0.1, 0.15) is 18.1 Å². The monoisotopic (exact) mass is 488 g/mol. The van der Waals surface area contributed by atoms with Crippen LogP contribution in [0, 0.1) is 5.92 Å². The molecule has 0 fully saturated rings. The van der Waals surface area contributed by atoms with Crippen LogP contribution in [0.2, 0.25) is 0 Å². The van der Waals surface area contributed by atoms with Gasteiger partial charge in [-0.25, -0.2) is 4.79 Å². The number of carbonyl (C=O) groups is 5. The van der Waals surface area contributed by atoms with Crippen molar-refractivity contribution in [1.29, 1.82) is 0 Å².